The fourth-order valence-corrected chi connectivity index (χ4v) is 3.82. The lowest BCUT2D eigenvalue weighted by Gasteiger charge is -2.26. The van der Waals surface area contributed by atoms with Gasteiger partial charge in [-0.15, -0.1) is 0 Å². The van der Waals surface area contributed by atoms with Crippen LogP contribution >= 0.6 is 0 Å². The van der Waals surface area contributed by atoms with Crippen LogP contribution < -0.4 is 5.69 Å². The summed E-state index contributed by atoms with van der Waals surface area (Å²) in [6.07, 6.45) is 2.05. The molecule has 1 fully saturated rings. The summed E-state index contributed by atoms with van der Waals surface area (Å²) < 4.78 is 7.27. The van der Waals surface area contributed by atoms with Crippen molar-refractivity contribution in [1.82, 2.24) is 14.5 Å². The van der Waals surface area contributed by atoms with Crippen molar-refractivity contribution in [1.29, 1.82) is 0 Å². The molecule has 1 saturated heterocycles. The Morgan fingerprint density at radius 1 is 1.25 bits per heavy atom. The second-order valence-electron chi connectivity index (χ2n) is 7.43. The number of hydrogen-bond acceptors (Lipinski definition) is 3. The van der Waals surface area contributed by atoms with Crippen LogP contribution in [-0.2, 0) is 22.6 Å². The van der Waals surface area contributed by atoms with Crippen molar-refractivity contribution < 1.29 is 9.53 Å². The molecule has 6 nitrogen and oxygen atoms in total. The van der Waals surface area contributed by atoms with Crippen LogP contribution in [0.15, 0.2) is 53.3 Å². The smallest absolute Gasteiger partial charge is 0.326 e. The van der Waals surface area contributed by atoms with Crippen LogP contribution in [0.2, 0.25) is 0 Å². The van der Waals surface area contributed by atoms with Gasteiger partial charge in [-0.25, -0.2) is 4.79 Å². The van der Waals surface area contributed by atoms with E-state index in [9.17, 15) is 9.59 Å². The zero-order valence-electron chi connectivity index (χ0n) is 16.1. The fourth-order valence-electron chi connectivity index (χ4n) is 3.82. The topological polar surface area (TPSA) is 67.3 Å². The summed E-state index contributed by atoms with van der Waals surface area (Å²) in [6.45, 7) is 3.86. The molecule has 1 aliphatic heterocycles. The quantitative estimate of drug-likeness (QED) is 0.716. The Hall–Kier alpha value is -2.86. The van der Waals surface area contributed by atoms with E-state index in [1.807, 2.05) is 54.3 Å². The standard InChI is InChI=1S/C22H25N3O3/c1-16-6-4-7-17(12-16)13-24(14-18-8-5-11-28-18)21(26)15-25-20-10-3-2-9-19(20)23-22(25)27/h2-4,6-7,9-10,12,18H,5,8,11,13-15H2,1H3,(H,23,27). The fraction of sp³-hybridized carbons (Fsp3) is 0.364. The number of carbonyl (C=O) groups is 1. The molecule has 2 aromatic carbocycles. The molecule has 1 amide bonds. The molecule has 1 aliphatic rings. The van der Waals surface area contributed by atoms with Crippen molar-refractivity contribution in [3.05, 3.63) is 70.1 Å². The summed E-state index contributed by atoms with van der Waals surface area (Å²) in [4.78, 5) is 30.2. The van der Waals surface area contributed by atoms with E-state index >= 15 is 0 Å². The molecule has 28 heavy (non-hydrogen) atoms. The molecular formula is C22H25N3O3. The molecule has 0 spiro atoms. The number of benzene rings is 2. The highest BCUT2D eigenvalue weighted by atomic mass is 16.5. The van der Waals surface area contributed by atoms with E-state index in [0.717, 1.165) is 41.6 Å². The number of amides is 1. The van der Waals surface area contributed by atoms with E-state index in [0.29, 0.717) is 13.1 Å². The molecule has 4 rings (SSSR count). The normalized spacial score (nSPS) is 16.5. The van der Waals surface area contributed by atoms with Crippen molar-refractivity contribution >= 4 is 16.9 Å². The van der Waals surface area contributed by atoms with Crippen LogP contribution in [0.1, 0.15) is 24.0 Å². The molecule has 1 atom stereocenters. The highest BCUT2D eigenvalue weighted by Gasteiger charge is 2.24. The van der Waals surface area contributed by atoms with Crippen molar-refractivity contribution in [3.63, 3.8) is 0 Å². The van der Waals surface area contributed by atoms with Crippen LogP contribution in [0, 0.1) is 6.92 Å². The molecule has 1 unspecified atom stereocenters. The molecule has 0 bridgehead atoms. The number of para-hydroxylation sites is 2. The van der Waals surface area contributed by atoms with Gasteiger partial charge in [0.1, 0.15) is 6.54 Å². The number of nitrogens with one attached hydrogen (secondary N) is 1. The highest BCUT2D eigenvalue weighted by Crippen LogP contribution is 2.17. The molecule has 2 heterocycles. The Morgan fingerprint density at radius 2 is 2.11 bits per heavy atom. The molecule has 0 radical (unpaired) electrons. The number of aromatic amines is 1. The van der Waals surface area contributed by atoms with Crippen molar-refractivity contribution in [3.8, 4) is 0 Å². The van der Waals surface area contributed by atoms with Crippen LogP contribution in [0.5, 0.6) is 0 Å². The second-order valence-corrected chi connectivity index (χ2v) is 7.43. The predicted molar refractivity (Wildman–Crippen MR) is 108 cm³/mol. The van der Waals surface area contributed by atoms with Gasteiger partial charge in [-0.05, 0) is 37.5 Å². The lowest BCUT2D eigenvalue weighted by atomic mass is 10.1. The van der Waals surface area contributed by atoms with Crippen LogP contribution in [0.25, 0.3) is 11.0 Å². The van der Waals surface area contributed by atoms with Gasteiger partial charge in [-0.1, -0.05) is 42.0 Å². The number of H-pyrrole nitrogens is 1. The number of fused-ring (bicyclic) bond motifs is 1. The van der Waals surface area contributed by atoms with Gasteiger partial charge in [-0.3, -0.25) is 9.36 Å². The van der Waals surface area contributed by atoms with Gasteiger partial charge >= 0.3 is 5.69 Å². The van der Waals surface area contributed by atoms with Crippen LogP contribution in [0.3, 0.4) is 0 Å². The number of ether oxygens (including phenoxy) is 1. The molecular weight excluding hydrogens is 354 g/mol. The lowest BCUT2D eigenvalue weighted by molar-refractivity contribution is -0.134. The van der Waals surface area contributed by atoms with E-state index in [-0.39, 0.29) is 24.2 Å². The molecule has 146 valence electrons. The minimum Gasteiger partial charge on any atom is -0.376 e. The summed E-state index contributed by atoms with van der Waals surface area (Å²) in [6, 6.07) is 15.6. The summed E-state index contributed by atoms with van der Waals surface area (Å²) in [5.74, 6) is -0.0798. The monoisotopic (exact) mass is 379 g/mol. The van der Waals surface area contributed by atoms with Gasteiger partial charge in [0.05, 0.1) is 17.1 Å². The number of nitrogens with zero attached hydrogens (tertiary/aromatic N) is 2. The molecule has 1 N–H and O–H groups in total. The first-order valence-corrected chi connectivity index (χ1v) is 9.72. The number of imidazole rings is 1. The van der Waals surface area contributed by atoms with Crippen molar-refractivity contribution in [2.45, 2.75) is 39.0 Å². The summed E-state index contributed by atoms with van der Waals surface area (Å²) in [5, 5.41) is 0. The first-order valence-electron chi connectivity index (χ1n) is 9.72. The molecule has 0 saturated carbocycles. The first kappa shape index (κ1) is 18.5. The minimum atomic E-state index is -0.262. The zero-order chi connectivity index (χ0) is 19.5. The molecule has 1 aromatic heterocycles. The molecule has 0 aliphatic carbocycles. The number of rotatable bonds is 6. The van der Waals surface area contributed by atoms with Crippen molar-refractivity contribution in [2.24, 2.45) is 0 Å². The van der Waals surface area contributed by atoms with Crippen LogP contribution in [-0.4, -0.2) is 39.6 Å². The van der Waals surface area contributed by atoms with E-state index in [4.69, 9.17) is 4.74 Å². The van der Waals surface area contributed by atoms with Gasteiger partial charge < -0.3 is 14.6 Å². The Labute approximate surface area is 163 Å². The maximum absolute atomic E-state index is 13.2. The average molecular weight is 379 g/mol. The Kier molecular flexibility index (Phi) is 5.30. The second kappa shape index (κ2) is 8.02. The molecule has 6 heteroatoms. The van der Waals surface area contributed by atoms with Gasteiger partial charge in [0.2, 0.25) is 5.91 Å². The largest absolute Gasteiger partial charge is 0.376 e. The Balaban J connectivity index is 1.58. The zero-order valence-corrected chi connectivity index (χ0v) is 16.1. The van der Waals surface area contributed by atoms with E-state index in [2.05, 4.69) is 11.1 Å². The third-order valence-electron chi connectivity index (χ3n) is 5.23. The maximum atomic E-state index is 13.2. The highest BCUT2D eigenvalue weighted by molar-refractivity contribution is 5.80. The first-order chi connectivity index (χ1) is 13.6. The summed E-state index contributed by atoms with van der Waals surface area (Å²) in [7, 11) is 0. The number of carbonyl (C=O) groups excluding carboxylic acids is 1. The number of aryl methyl sites for hydroxylation is 1. The number of aromatic nitrogens is 2. The van der Waals surface area contributed by atoms with Gasteiger partial charge in [0.25, 0.3) is 0 Å². The van der Waals surface area contributed by atoms with Crippen molar-refractivity contribution in [2.75, 3.05) is 13.2 Å². The Morgan fingerprint density at radius 3 is 2.89 bits per heavy atom. The predicted octanol–water partition coefficient (Wildman–Crippen LogP) is 2.85. The maximum Gasteiger partial charge on any atom is 0.326 e. The minimum absolute atomic E-state index is 0.0153. The SMILES string of the molecule is Cc1cccc(CN(CC2CCCO2)C(=O)Cn2c(=O)[nH]c3ccccc32)c1. The summed E-state index contributed by atoms with van der Waals surface area (Å²) >= 11 is 0. The average Bonchev–Trinajstić information content (AvgIpc) is 3.29. The van der Waals surface area contributed by atoms with E-state index in [1.54, 1.807) is 0 Å². The molecule has 3 aromatic rings. The lowest BCUT2D eigenvalue weighted by Crippen LogP contribution is -2.40. The van der Waals surface area contributed by atoms with E-state index < -0.39 is 0 Å². The van der Waals surface area contributed by atoms with Crippen LogP contribution in [0.4, 0.5) is 0 Å². The van der Waals surface area contributed by atoms with Gasteiger partial charge in [0, 0.05) is 19.7 Å². The Bertz CT molecular complexity index is 1030. The summed E-state index contributed by atoms with van der Waals surface area (Å²) in [5.41, 5.74) is 3.47. The van der Waals surface area contributed by atoms with Gasteiger partial charge in [-0.2, -0.15) is 0 Å². The van der Waals surface area contributed by atoms with Gasteiger partial charge in [0.15, 0.2) is 0 Å². The number of hydrogen-bond donors (Lipinski definition) is 1. The third kappa shape index (κ3) is 4.02. The van der Waals surface area contributed by atoms with E-state index in [1.165, 1.54) is 4.57 Å². The third-order valence-corrected chi connectivity index (χ3v) is 5.23.